The van der Waals surface area contributed by atoms with Gasteiger partial charge in [0.15, 0.2) is 9.84 Å². The van der Waals surface area contributed by atoms with E-state index in [0.29, 0.717) is 27.5 Å². The first-order valence-corrected chi connectivity index (χ1v) is 10.8. The Bertz CT molecular complexity index is 1160. The maximum absolute atomic E-state index is 12.4. The van der Waals surface area contributed by atoms with Crippen LogP contribution in [-0.2, 0) is 9.84 Å². The largest absolute Gasteiger partial charge is 0.322 e. The van der Waals surface area contributed by atoms with Crippen LogP contribution in [0.5, 0.6) is 0 Å². The zero-order valence-corrected chi connectivity index (χ0v) is 16.9. The summed E-state index contributed by atoms with van der Waals surface area (Å²) in [5.41, 5.74) is 1.82. The monoisotopic (exact) mass is 428 g/mol. The number of nitrogens with one attached hydrogen (secondary N) is 2. The standard InChI is InChI=1S/C21H17ClN2O4S/c1-29(27,28)19-11-9-18(10-12-19)23-20(25)14-5-7-17(8-6-14)24-21(26)15-3-2-4-16(22)13-15/h2-13H,1H3,(H,23,25)(H,24,26). The molecule has 0 aliphatic carbocycles. The van der Waals surface area contributed by atoms with Gasteiger partial charge in [0.2, 0.25) is 0 Å². The van der Waals surface area contributed by atoms with Crippen LogP contribution < -0.4 is 10.6 Å². The highest BCUT2D eigenvalue weighted by molar-refractivity contribution is 7.90. The third-order valence-electron chi connectivity index (χ3n) is 4.03. The van der Waals surface area contributed by atoms with Crippen LogP contribution in [0.25, 0.3) is 0 Å². The summed E-state index contributed by atoms with van der Waals surface area (Å²) >= 11 is 5.89. The number of benzene rings is 3. The summed E-state index contributed by atoms with van der Waals surface area (Å²) in [6, 6.07) is 18.9. The fourth-order valence-electron chi connectivity index (χ4n) is 2.53. The van der Waals surface area contributed by atoms with Gasteiger partial charge in [0.25, 0.3) is 11.8 Å². The second kappa shape index (κ2) is 8.46. The Morgan fingerprint density at radius 3 is 1.79 bits per heavy atom. The molecular formula is C21H17ClN2O4S. The molecule has 2 amide bonds. The molecule has 3 aromatic rings. The van der Waals surface area contributed by atoms with Gasteiger partial charge in [-0.15, -0.1) is 0 Å². The number of carbonyl (C=O) groups excluding carboxylic acids is 2. The number of hydrogen-bond donors (Lipinski definition) is 2. The van der Waals surface area contributed by atoms with Crippen molar-refractivity contribution in [3.63, 3.8) is 0 Å². The van der Waals surface area contributed by atoms with E-state index in [2.05, 4.69) is 10.6 Å². The van der Waals surface area contributed by atoms with E-state index in [1.807, 2.05) is 0 Å². The number of anilines is 2. The van der Waals surface area contributed by atoms with Crippen LogP contribution in [0.3, 0.4) is 0 Å². The number of rotatable bonds is 5. The van der Waals surface area contributed by atoms with Crippen LogP contribution in [-0.4, -0.2) is 26.5 Å². The molecule has 0 fully saturated rings. The molecule has 0 aliphatic rings. The van der Waals surface area contributed by atoms with E-state index in [0.717, 1.165) is 6.26 Å². The van der Waals surface area contributed by atoms with Crippen LogP contribution in [0.2, 0.25) is 5.02 Å². The first-order chi connectivity index (χ1) is 13.7. The minimum Gasteiger partial charge on any atom is -0.322 e. The van der Waals surface area contributed by atoms with E-state index < -0.39 is 9.84 Å². The summed E-state index contributed by atoms with van der Waals surface area (Å²) < 4.78 is 23.0. The van der Waals surface area contributed by atoms with Gasteiger partial charge in [-0.1, -0.05) is 17.7 Å². The Morgan fingerprint density at radius 2 is 1.28 bits per heavy atom. The second-order valence-corrected chi connectivity index (χ2v) is 8.74. The molecule has 3 rings (SSSR count). The summed E-state index contributed by atoms with van der Waals surface area (Å²) in [4.78, 5) is 24.8. The Labute approximate surface area is 173 Å². The molecule has 0 saturated heterocycles. The lowest BCUT2D eigenvalue weighted by atomic mass is 10.1. The van der Waals surface area contributed by atoms with Gasteiger partial charge in [0.05, 0.1) is 4.90 Å². The lowest BCUT2D eigenvalue weighted by molar-refractivity contribution is 0.102. The number of carbonyl (C=O) groups is 2. The minimum atomic E-state index is -3.29. The molecule has 0 bridgehead atoms. The SMILES string of the molecule is CS(=O)(=O)c1ccc(NC(=O)c2ccc(NC(=O)c3cccc(Cl)c3)cc2)cc1. The Balaban J connectivity index is 1.65. The van der Waals surface area contributed by atoms with Gasteiger partial charge in [-0.2, -0.15) is 0 Å². The highest BCUT2D eigenvalue weighted by Crippen LogP contribution is 2.17. The van der Waals surface area contributed by atoms with Gasteiger partial charge in [-0.3, -0.25) is 9.59 Å². The molecule has 0 spiro atoms. The molecule has 29 heavy (non-hydrogen) atoms. The van der Waals surface area contributed by atoms with Crippen molar-refractivity contribution in [2.24, 2.45) is 0 Å². The fraction of sp³-hybridized carbons (Fsp3) is 0.0476. The van der Waals surface area contributed by atoms with Crippen LogP contribution in [0.1, 0.15) is 20.7 Å². The molecule has 2 N–H and O–H groups in total. The van der Waals surface area contributed by atoms with E-state index in [1.54, 1.807) is 48.5 Å². The quantitative estimate of drug-likeness (QED) is 0.635. The maximum atomic E-state index is 12.4. The van der Waals surface area contributed by atoms with Crippen molar-refractivity contribution in [3.05, 3.63) is 88.9 Å². The molecule has 0 radical (unpaired) electrons. The molecule has 0 unspecified atom stereocenters. The van der Waals surface area contributed by atoms with E-state index in [9.17, 15) is 18.0 Å². The second-order valence-electron chi connectivity index (χ2n) is 6.29. The zero-order valence-electron chi connectivity index (χ0n) is 15.3. The van der Waals surface area contributed by atoms with Crippen molar-refractivity contribution in [3.8, 4) is 0 Å². The number of hydrogen-bond acceptors (Lipinski definition) is 4. The smallest absolute Gasteiger partial charge is 0.255 e. The highest BCUT2D eigenvalue weighted by Gasteiger charge is 2.10. The summed E-state index contributed by atoms with van der Waals surface area (Å²) in [7, 11) is -3.29. The number of amides is 2. The number of sulfone groups is 1. The summed E-state index contributed by atoms with van der Waals surface area (Å²) in [5.74, 6) is -0.666. The third kappa shape index (κ3) is 5.43. The van der Waals surface area contributed by atoms with Gasteiger partial charge in [-0.05, 0) is 66.7 Å². The Hall–Kier alpha value is -3.16. The topological polar surface area (TPSA) is 92.3 Å². The maximum Gasteiger partial charge on any atom is 0.255 e. The first-order valence-electron chi connectivity index (χ1n) is 8.51. The molecule has 0 atom stereocenters. The van der Waals surface area contributed by atoms with E-state index >= 15 is 0 Å². The normalized spacial score (nSPS) is 11.0. The van der Waals surface area contributed by atoms with E-state index in [1.165, 1.54) is 24.3 Å². The molecule has 6 nitrogen and oxygen atoms in total. The van der Waals surface area contributed by atoms with Gasteiger partial charge >= 0.3 is 0 Å². The van der Waals surface area contributed by atoms with E-state index in [-0.39, 0.29) is 16.7 Å². The first kappa shape index (κ1) is 20.6. The molecule has 0 heterocycles. The summed E-state index contributed by atoms with van der Waals surface area (Å²) in [5, 5.41) is 5.90. The van der Waals surface area contributed by atoms with Gasteiger partial charge in [-0.25, -0.2) is 8.42 Å². The minimum absolute atomic E-state index is 0.176. The van der Waals surface area contributed by atoms with Crippen LogP contribution >= 0.6 is 11.6 Å². The molecule has 3 aromatic carbocycles. The summed E-state index contributed by atoms with van der Waals surface area (Å²) in [6.07, 6.45) is 1.12. The fourth-order valence-corrected chi connectivity index (χ4v) is 3.35. The lowest BCUT2D eigenvalue weighted by Crippen LogP contribution is -2.13. The lowest BCUT2D eigenvalue weighted by Gasteiger charge is -2.08. The molecule has 8 heteroatoms. The Kier molecular flexibility index (Phi) is 6.00. The van der Waals surface area contributed by atoms with Gasteiger partial charge in [0.1, 0.15) is 0 Å². The van der Waals surface area contributed by atoms with Crippen LogP contribution in [0, 0.1) is 0 Å². The molecule has 0 saturated carbocycles. The molecular weight excluding hydrogens is 412 g/mol. The van der Waals surface area contributed by atoms with E-state index in [4.69, 9.17) is 11.6 Å². The van der Waals surface area contributed by atoms with Gasteiger partial charge in [0, 0.05) is 33.8 Å². The van der Waals surface area contributed by atoms with Crippen molar-refractivity contribution in [1.82, 2.24) is 0 Å². The van der Waals surface area contributed by atoms with Crippen molar-refractivity contribution in [1.29, 1.82) is 0 Å². The van der Waals surface area contributed by atoms with Crippen molar-refractivity contribution < 1.29 is 18.0 Å². The van der Waals surface area contributed by atoms with Crippen LogP contribution in [0.4, 0.5) is 11.4 Å². The summed E-state index contributed by atoms with van der Waals surface area (Å²) in [6.45, 7) is 0. The molecule has 148 valence electrons. The Morgan fingerprint density at radius 1 is 0.759 bits per heavy atom. The molecule has 0 aliphatic heterocycles. The van der Waals surface area contributed by atoms with Gasteiger partial charge < -0.3 is 10.6 Å². The predicted octanol–water partition coefficient (Wildman–Crippen LogP) is 4.25. The van der Waals surface area contributed by atoms with Crippen LogP contribution in [0.15, 0.2) is 77.7 Å². The van der Waals surface area contributed by atoms with Crippen molar-refractivity contribution in [2.45, 2.75) is 4.90 Å². The number of halogens is 1. The highest BCUT2D eigenvalue weighted by atomic mass is 35.5. The average molecular weight is 429 g/mol. The van der Waals surface area contributed by atoms with Crippen molar-refractivity contribution in [2.75, 3.05) is 16.9 Å². The van der Waals surface area contributed by atoms with Crippen molar-refractivity contribution >= 4 is 44.6 Å². The third-order valence-corrected chi connectivity index (χ3v) is 5.40. The molecule has 0 aromatic heterocycles. The average Bonchev–Trinajstić information content (AvgIpc) is 2.68. The predicted molar refractivity (Wildman–Crippen MR) is 113 cm³/mol. The zero-order chi connectivity index (χ0) is 21.0.